The number of carbonyl (C=O) groups is 1. The van der Waals surface area contributed by atoms with Crippen molar-refractivity contribution in [3.8, 4) is 0 Å². The number of aryl methyl sites for hydroxylation is 2. The predicted octanol–water partition coefficient (Wildman–Crippen LogP) is 3.34. The molecule has 0 saturated carbocycles. The lowest BCUT2D eigenvalue weighted by Gasteiger charge is -2.27. The number of furan rings is 1. The molecule has 0 aliphatic heterocycles. The Balaban J connectivity index is 1.96. The van der Waals surface area contributed by atoms with Gasteiger partial charge in [-0.25, -0.2) is 4.79 Å². The van der Waals surface area contributed by atoms with Crippen molar-refractivity contribution >= 4 is 6.03 Å². The van der Waals surface area contributed by atoms with Crippen molar-refractivity contribution in [1.82, 2.24) is 15.1 Å². The summed E-state index contributed by atoms with van der Waals surface area (Å²) >= 11 is 0. The van der Waals surface area contributed by atoms with Crippen LogP contribution in [0.25, 0.3) is 0 Å². The lowest BCUT2D eigenvalue weighted by molar-refractivity contribution is 0.197. The van der Waals surface area contributed by atoms with Crippen molar-refractivity contribution in [1.29, 1.82) is 0 Å². The molecule has 1 heterocycles. The highest BCUT2D eigenvalue weighted by molar-refractivity contribution is 5.73. The molecule has 1 aromatic carbocycles. The Morgan fingerprint density at radius 2 is 1.83 bits per heavy atom. The van der Waals surface area contributed by atoms with E-state index < -0.39 is 0 Å². The second-order valence-electron chi connectivity index (χ2n) is 6.39. The molecule has 2 rings (SSSR count). The maximum absolute atomic E-state index is 12.4. The van der Waals surface area contributed by atoms with Gasteiger partial charge in [-0.2, -0.15) is 0 Å². The minimum atomic E-state index is -0.107. The third-order valence-corrected chi connectivity index (χ3v) is 4.15. The van der Waals surface area contributed by atoms with Gasteiger partial charge in [0.2, 0.25) is 0 Å². The maximum Gasteiger partial charge on any atom is 0.317 e. The van der Waals surface area contributed by atoms with E-state index in [1.807, 2.05) is 45.3 Å². The van der Waals surface area contributed by atoms with Crippen molar-refractivity contribution in [2.45, 2.75) is 26.4 Å². The summed E-state index contributed by atoms with van der Waals surface area (Å²) < 4.78 is 5.52. The number of nitrogens with zero attached hydrogens (tertiary/aromatic N) is 2. The summed E-state index contributed by atoms with van der Waals surface area (Å²) in [5, 5.41) is 3.02. The number of nitrogens with one attached hydrogen (secondary N) is 1. The summed E-state index contributed by atoms with van der Waals surface area (Å²) in [4.78, 5) is 16.1. The fourth-order valence-corrected chi connectivity index (χ4v) is 2.73. The summed E-state index contributed by atoms with van der Waals surface area (Å²) in [6.07, 6.45) is 0. The van der Waals surface area contributed by atoms with E-state index >= 15 is 0 Å². The number of rotatable bonds is 6. The van der Waals surface area contributed by atoms with E-state index in [0.717, 1.165) is 11.5 Å². The minimum absolute atomic E-state index is 0.107. The van der Waals surface area contributed by atoms with E-state index in [-0.39, 0.29) is 12.1 Å². The highest BCUT2D eigenvalue weighted by atomic mass is 16.3. The second-order valence-corrected chi connectivity index (χ2v) is 6.39. The summed E-state index contributed by atoms with van der Waals surface area (Å²) in [7, 11) is 5.82. The Morgan fingerprint density at radius 3 is 2.42 bits per heavy atom. The summed E-state index contributed by atoms with van der Waals surface area (Å²) in [5.74, 6) is 1.64. The van der Waals surface area contributed by atoms with Crippen LogP contribution in [0.5, 0.6) is 0 Å². The number of hydrogen-bond donors (Lipinski definition) is 1. The molecule has 0 aliphatic carbocycles. The van der Waals surface area contributed by atoms with Gasteiger partial charge in [-0.05, 0) is 51.2 Å². The van der Waals surface area contributed by atoms with E-state index in [0.29, 0.717) is 13.1 Å². The molecule has 24 heavy (non-hydrogen) atoms. The molecule has 0 unspecified atom stereocenters. The first-order valence-corrected chi connectivity index (χ1v) is 8.14. The smallest absolute Gasteiger partial charge is 0.317 e. The number of benzene rings is 1. The van der Waals surface area contributed by atoms with Gasteiger partial charge < -0.3 is 19.5 Å². The van der Waals surface area contributed by atoms with Gasteiger partial charge in [0.25, 0.3) is 0 Å². The number of urea groups is 1. The van der Waals surface area contributed by atoms with Crippen molar-refractivity contribution in [3.63, 3.8) is 0 Å². The molecule has 0 fully saturated rings. The monoisotopic (exact) mass is 329 g/mol. The third kappa shape index (κ3) is 4.61. The van der Waals surface area contributed by atoms with Gasteiger partial charge in [-0.1, -0.05) is 24.3 Å². The lowest BCUT2D eigenvalue weighted by Crippen LogP contribution is -2.41. The summed E-state index contributed by atoms with van der Waals surface area (Å²) in [6, 6.07) is 12.1. The van der Waals surface area contributed by atoms with E-state index in [9.17, 15) is 4.79 Å². The van der Waals surface area contributed by atoms with E-state index in [4.69, 9.17) is 4.42 Å². The number of hydrogen-bond acceptors (Lipinski definition) is 3. The molecule has 1 aromatic heterocycles. The molecular formula is C19H27N3O2. The molecule has 0 spiro atoms. The quantitative estimate of drug-likeness (QED) is 0.884. The molecule has 1 N–H and O–H groups in total. The van der Waals surface area contributed by atoms with E-state index in [1.54, 1.807) is 11.9 Å². The van der Waals surface area contributed by atoms with E-state index in [1.165, 1.54) is 11.1 Å². The van der Waals surface area contributed by atoms with Gasteiger partial charge in [0.15, 0.2) is 0 Å². The maximum atomic E-state index is 12.4. The molecular weight excluding hydrogens is 302 g/mol. The van der Waals surface area contributed by atoms with Crippen LogP contribution in [-0.2, 0) is 6.54 Å². The molecule has 0 saturated heterocycles. The fraction of sp³-hybridized carbons (Fsp3) is 0.421. The van der Waals surface area contributed by atoms with Crippen LogP contribution in [0.1, 0.15) is 28.7 Å². The van der Waals surface area contributed by atoms with Gasteiger partial charge >= 0.3 is 6.03 Å². The van der Waals surface area contributed by atoms with Gasteiger partial charge in [0, 0.05) is 13.6 Å². The van der Waals surface area contributed by atoms with Crippen molar-refractivity contribution < 1.29 is 9.21 Å². The fourth-order valence-electron chi connectivity index (χ4n) is 2.73. The standard InChI is InChI=1S/C19H27N3O2/c1-14-8-6-7-9-17(14)18(21(3)4)12-20-19(23)22(5)13-16-11-10-15(2)24-16/h6-11,18H,12-13H2,1-5H3,(H,20,23)/t18-/m0/s1. The number of carbonyl (C=O) groups excluding carboxylic acids is 1. The van der Waals surface area contributed by atoms with Crippen LogP contribution < -0.4 is 5.32 Å². The average Bonchev–Trinajstić information content (AvgIpc) is 2.93. The van der Waals surface area contributed by atoms with Crippen LogP contribution in [-0.4, -0.2) is 43.5 Å². The highest BCUT2D eigenvalue weighted by Gasteiger charge is 2.18. The summed E-state index contributed by atoms with van der Waals surface area (Å²) in [6.45, 7) is 5.00. The minimum Gasteiger partial charge on any atom is -0.464 e. The Kier molecular flexibility index (Phi) is 6.04. The van der Waals surface area contributed by atoms with Crippen LogP contribution in [0.4, 0.5) is 4.79 Å². The van der Waals surface area contributed by atoms with Crippen molar-refractivity contribution in [3.05, 3.63) is 59.0 Å². The zero-order valence-electron chi connectivity index (χ0n) is 15.2. The molecule has 0 aliphatic rings. The average molecular weight is 329 g/mol. The highest BCUT2D eigenvalue weighted by Crippen LogP contribution is 2.21. The SMILES string of the molecule is Cc1ccc(CN(C)C(=O)NC[C@@H](c2ccccc2C)N(C)C)o1. The molecule has 0 bridgehead atoms. The van der Waals surface area contributed by atoms with Gasteiger partial charge in [-0.15, -0.1) is 0 Å². The molecule has 130 valence electrons. The van der Waals surface area contributed by atoms with E-state index in [2.05, 4.69) is 29.3 Å². The topological polar surface area (TPSA) is 48.7 Å². The van der Waals surface area contributed by atoms with Crippen molar-refractivity contribution in [2.24, 2.45) is 0 Å². The second kappa shape index (κ2) is 8.02. The first-order valence-electron chi connectivity index (χ1n) is 8.14. The van der Waals surface area contributed by atoms with Crippen LogP contribution >= 0.6 is 0 Å². The Morgan fingerprint density at radius 1 is 1.12 bits per heavy atom. The molecule has 5 heteroatoms. The Labute approximate surface area is 144 Å². The zero-order chi connectivity index (χ0) is 17.7. The first-order chi connectivity index (χ1) is 11.4. The van der Waals surface area contributed by atoms with Crippen LogP contribution in [0, 0.1) is 13.8 Å². The lowest BCUT2D eigenvalue weighted by atomic mass is 10.0. The first kappa shape index (κ1) is 18.1. The Bertz CT molecular complexity index is 679. The number of likely N-dealkylation sites (N-methyl/N-ethyl adjacent to an activating group) is 1. The predicted molar refractivity (Wildman–Crippen MR) is 95.9 cm³/mol. The van der Waals surface area contributed by atoms with Crippen LogP contribution in [0.15, 0.2) is 40.8 Å². The van der Waals surface area contributed by atoms with Gasteiger partial charge in [-0.3, -0.25) is 0 Å². The van der Waals surface area contributed by atoms with Gasteiger partial charge in [0.05, 0.1) is 12.6 Å². The van der Waals surface area contributed by atoms with Crippen LogP contribution in [0.3, 0.4) is 0 Å². The zero-order valence-corrected chi connectivity index (χ0v) is 15.2. The van der Waals surface area contributed by atoms with Crippen LogP contribution in [0.2, 0.25) is 0 Å². The third-order valence-electron chi connectivity index (χ3n) is 4.15. The number of amides is 2. The molecule has 1 atom stereocenters. The molecule has 0 radical (unpaired) electrons. The summed E-state index contributed by atoms with van der Waals surface area (Å²) in [5.41, 5.74) is 2.46. The Hall–Kier alpha value is -2.27. The normalized spacial score (nSPS) is 12.2. The van der Waals surface area contributed by atoms with Gasteiger partial charge in [0.1, 0.15) is 11.5 Å². The van der Waals surface area contributed by atoms with Crippen molar-refractivity contribution in [2.75, 3.05) is 27.7 Å². The largest absolute Gasteiger partial charge is 0.464 e. The molecule has 5 nitrogen and oxygen atoms in total. The molecule has 2 aromatic rings. The molecule has 2 amide bonds.